The summed E-state index contributed by atoms with van der Waals surface area (Å²) in [5, 5.41) is 3.00. The Balaban J connectivity index is 1.50. The molecule has 32 heavy (non-hydrogen) atoms. The lowest BCUT2D eigenvalue weighted by atomic mass is 9.99. The zero-order valence-corrected chi connectivity index (χ0v) is 17.4. The average molecular weight is 434 g/mol. The fraction of sp³-hybridized carbons (Fsp3) is 0.364. The van der Waals surface area contributed by atoms with Crippen LogP contribution < -0.4 is 21.7 Å². The summed E-state index contributed by atoms with van der Waals surface area (Å²) in [7, 11) is 0. The molecule has 0 spiro atoms. The second kappa shape index (κ2) is 7.46. The van der Waals surface area contributed by atoms with Gasteiger partial charge in [0.2, 0.25) is 5.91 Å². The summed E-state index contributed by atoms with van der Waals surface area (Å²) in [6, 6.07) is 3.26. The van der Waals surface area contributed by atoms with Crippen LogP contribution >= 0.6 is 0 Å². The Morgan fingerprint density at radius 3 is 2.91 bits per heavy atom. The number of halogens is 1. The van der Waals surface area contributed by atoms with Crippen LogP contribution in [0.3, 0.4) is 0 Å². The molecule has 1 saturated carbocycles. The molecule has 0 unspecified atom stereocenters. The maximum absolute atomic E-state index is 14.6. The van der Waals surface area contributed by atoms with E-state index < -0.39 is 11.4 Å². The van der Waals surface area contributed by atoms with E-state index in [-0.39, 0.29) is 29.9 Å². The Bertz CT molecular complexity index is 1260. The van der Waals surface area contributed by atoms with Gasteiger partial charge in [-0.25, -0.2) is 19.3 Å². The lowest BCUT2D eigenvalue weighted by molar-refractivity contribution is -0.125. The minimum atomic E-state index is -1.01. The normalized spacial score (nSPS) is 20.5. The number of amides is 1. The van der Waals surface area contributed by atoms with Crippen molar-refractivity contribution in [2.24, 2.45) is 5.73 Å². The smallest absolute Gasteiger partial charge is 0.242 e. The molecule has 9 nitrogen and oxygen atoms in total. The van der Waals surface area contributed by atoms with E-state index in [1.165, 1.54) is 12.4 Å². The van der Waals surface area contributed by atoms with Gasteiger partial charge in [0.1, 0.15) is 23.2 Å². The van der Waals surface area contributed by atoms with Crippen molar-refractivity contribution in [3.63, 3.8) is 0 Å². The third kappa shape index (κ3) is 3.40. The number of nitrogens with two attached hydrogens (primary N) is 2. The van der Waals surface area contributed by atoms with Gasteiger partial charge in [-0.15, -0.1) is 6.42 Å². The first kappa shape index (κ1) is 20.2. The van der Waals surface area contributed by atoms with Crippen molar-refractivity contribution in [3.05, 3.63) is 41.7 Å². The molecule has 5 N–H and O–H groups in total. The van der Waals surface area contributed by atoms with E-state index in [4.69, 9.17) is 17.9 Å². The molecule has 5 rings (SSSR count). The second-order valence-electron chi connectivity index (χ2n) is 8.44. The monoisotopic (exact) mass is 434 g/mol. The number of carbonyl (C=O) groups is 1. The van der Waals surface area contributed by atoms with E-state index in [2.05, 4.69) is 26.2 Å². The van der Waals surface area contributed by atoms with Gasteiger partial charge in [0.15, 0.2) is 11.5 Å². The van der Waals surface area contributed by atoms with Gasteiger partial charge in [-0.1, -0.05) is 5.92 Å². The highest BCUT2D eigenvalue weighted by Gasteiger charge is 2.43. The Morgan fingerprint density at radius 2 is 2.16 bits per heavy atom. The number of nitrogens with one attached hydrogen (secondary N) is 1. The number of imidazole rings is 1. The SMILES string of the molecule is C#Cc1c(F)ccc(N2CC[C@](N)(C(=O)NC3CC3)C2)c1Cn1cnc2c(N)ncnc21. The number of fused-ring (bicyclic) bond motifs is 1. The first-order valence-corrected chi connectivity index (χ1v) is 10.4. The maximum atomic E-state index is 14.6. The van der Waals surface area contributed by atoms with E-state index in [9.17, 15) is 9.18 Å². The van der Waals surface area contributed by atoms with E-state index in [1.54, 1.807) is 17.0 Å². The van der Waals surface area contributed by atoms with Crippen molar-refractivity contribution in [3.8, 4) is 12.3 Å². The molecule has 1 atom stereocenters. The van der Waals surface area contributed by atoms with Crippen LogP contribution in [0, 0.1) is 18.2 Å². The molecule has 1 aromatic carbocycles. The minimum absolute atomic E-state index is 0.142. The Hall–Kier alpha value is -3.71. The Kier molecular flexibility index (Phi) is 4.71. The van der Waals surface area contributed by atoms with E-state index in [0.29, 0.717) is 36.2 Å². The summed E-state index contributed by atoms with van der Waals surface area (Å²) in [4.78, 5) is 27.2. The number of carbonyl (C=O) groups excluding carboxylic acids is 1. The number of anilines is 2. The molecule has 1 aliphatic carbocycles. The molecule has 2 aromatic heterocycles. The van der Waals surface area contributed by atoms with Gasteiger partial charge in [0, 0.05) is 30.4 Å². The number of rotatable bonds is 5. The van der Waals surface area contributed by atoms with Gasteiger partial charge in [-0.05, 0) is 31.4 Å². The van der Waals surface area contributed by atoms with Crippen LogP contribution in [-0.2, 0) is 11.3 Å². The average Bonchev–Trinajstić information content (AvgIpc) is 3.35. The van der Waals surface area contributed by atoms with Crippen molar-refractivity contribution in [1.29, 1.82) is 0 Å². The molecule has 2 aliphatic rings. The van der Waals surface area contributed by atoms with Gasteiger partial charge in [-0.3, -0.25) is 4.79 Å². The third-order valence-corrected chi connectivity index (χ3v) is 6.15. The number of hydrogen-bond acceptors (Lipinski definition) is 7. The van der Waals surface area contributed by atoms with Gasteiger partial charge >= 0.3 is 0 Å². The van der Waals surface area contributed by atoms with Crippen molar-refractivity contribution in [2.75, 3.05) is 23.7 Å². The third-order valence-electron chi connectivity index (χ3n) is 6.15. The van der Waals surface area contributed by atoms with Crippen LogP contribution in [0.4, 0.5) is 15.9 Å². The highest BCUT2D eigenvalue weighted by atomic mass is 19.1. The Labute approximate surface area is 184 Å². The maximum Gasteiger partial charge on any atom is 0.242 e. The quantitative estimate of drug-likeness (QED) is 0.506. The second-order valence-corrected chi connectivity index (χ2v) is 8.44. The molecule has 1 saturated heterocycles. The fourth-order valence-electron chi connectivity index (χ4n) is 4.19. The van der Waals surface area contributed by atoms with Gasteiger partial charge in [0.25, 0.3) is 0 Å². The lowest BCUT2D eigenvalue weighted by Gasteiger charge is -2.27. The van der Waals surface area contributed by atoms with Crippen LogP contribution in [0.15, 0.2) is 24.8 Å². The van der Waals surface area contributed by atoms with E-state index in [0.717, 1.165) is 18.5 Å². The topological polar surface area (TPSA) is 128 Å². The minimum Gasteiger partial charge on any atom is -0.382 e. The van der Waals surface area contributed by atoms with Crippen LogP contribution in [0.1, 0.15) is 30.4 Å². The highest BCUT2D eigenvalue weighted by Crippen LogP contribution is 2.33. The Morgan fingerprint density at radius 1 is 1.34 bits per heavy atom. The summed E-state index contributed by atoms with van der Waals surface area (Å²) in [5.41, 5.74) is 13.8. The fourth-order valence-corrected chi connectivity index (χ4v) is 4.19. The van der Waals surface area contributed by atoms with Crippen molar-refractivity contribution < 1.29 is 9.18 Å². The van der Waals surface area contributed by atoms with E-state index in [1.807, 2.05) is 4.90 Å². The van der Waals surface area contributed by atoms with Gasteiger partial charge in [-0.2, -0.15) is 0 Å². The molecule has 3 aromatic rings. The zero-order chi connectivity index (χ0) is 22.5. The summed E-state index contributed by atoms with van der Waals surface area (Å²) in [5.74, 6) is 2.10. The predicted molar refractivity (Wildman–Crippen MR) is 118 cm³/mol. The highest BCUT2D eigenvalue weighted by molar-refractivity contribution is 5.88. The number of benzene rings is 1. The molecule has 10 heteroatoms. The molecule has 0 radical (unpaired) electrons. The number of aromatic nitrogens is 4. The van der Waals surface area contributed by atoms with Gasteiger partial charge in [0.05, 0.1) is 18.4 Å². The molecule has 1 aliphatic heterocycles. The lowest BCUT2D eigenvalue weighted by Crippen LogP contribution is -2.56. The molecule has 1 amide bonds. The summed E-state index contributed by atoms with van der Waals surface area (Å²) in [6.07, 6.45) is 11.1. The van der Waals surface area contributed by atoms with Crippen LogP contribution in [-0.4, -0.2) is 50.1 Å². The van der Waals surface area contributed by atoms with E-state index >= 15 is 0 Å². The number of hydrogen-bond donors (Lipinski definition) is 3. The summed E-state index contributed by atoms with van der Waals surface area (Å²) in [6.45, 7) is 1.09. The molecule has 3 heterocycles. The van der Waals surface area contributed by atoms with Crippen molar-refractivity contribution >= 4 is 28.6 Å². The predicted octanol–water partition coefficient (Wildman–Crippen LogP) is 0.763. The van der Waals surface area contributed by atoms with Crippen LogP contribution in [0.5, 0.6) is 0 Å². The number of nitrogens with zero attached hydrogens (tertiary/aromatic N) is 5. The molecular formula is C22H23FN8O. The number of terminal acetylenes is 1. The first-order valence-electron chi connectivity index (χ1n) is 10.4. The zero-order valence-electron chi connectivity index (χ0n) is 17.4. The molecule has 0 bridgehead atoms. The molecule has 164 valence electrons. The van der Waals surface area contributed by atoms with Crippen LogP contribution in [0.2, 0.25) is 0 Å². The van der Waals surface area contributed by atoms with Crippen molar-refractivity contribution in [1.82, 2.24) is 24.8 Å². The first-order chi connectivity index (χ1) is 15.4. The standard InChI is InChI=1S/C22H23FN8O/c1-2-14-15(9-31-12-28-18-19(24)26-11-27-20(18)31)17(6-5-16(14)23)30-8-7-22(25,10-30)21(32)29-13-3-4-13/h1,5-6,11-13H,3-4,7-10,25H2,(H,29,32)(H2,24,26,27)/t22-/m1/s1. The van der Waals surface area contributed by atoms with Crippen LogP contribution in [0.25, 0.3) is 11.2 Å². The molecular weight excluding hydrogens is 411 g/mol. The van der Waals surface area contributed by atoms with Gasteiger partial charge < -0.3 is 26.3 Å². The van der Waals surface area contributed by atoms with Crippen molar-refractivity contribution in [2.45, 2.75) is 37.4 Å². The summed E-state index contributed by atoms with van der Waals surface area (Å²) < 4.78 is 16.4. The molecule has 2 fully saturated rings. The summed E-state index contributed by atoms with van der Waals surface area (Å²) >= 11 is 0. The number of nitrogen functional groups attached to an aromatic ring is 1. The largest absolute Gasteiger partial charge is 0.382 e.